The zero-order valence-electron chi connectivity index (χ0n) is 15.2. The monoisotopic (exact) mass is 471 g/mol. The Bertz CT molecular complexity index is 611. The van der Waals surface area contributed by atoms with Crippen LogP contribution in [0.3, 0.4) is 0 Å². The van der Waals surface area contributed by atoms with Gasteiger partial charge in [0.2, 0.25) is 10.0 Å². The van der Waals surface area contributed by atoms with E-state index >= 15 is 0 Å². The van der Waals surface area contributed by atoms with E-state index in [0.717, 1.165) is 5.69 Å². The highest BCUT2D eigenvalue weighted by molar-refractivity contribution is 14.0. The molecule has 0 aliphatic heterocycles. The molecular weight excluding hydrogens is 441 g/mol. The predicted molar refractivity (Wildman–Crippen MR) is 110 cm³/mol. The molecule has 1 N–H and O–H groups in total. The van der Waals surface area contributed by atoms with Crippen molar-refractivity contribution in [2.45, 2.75) is 20.4 Å². The zero-order chi connectivity index (χ0) is 17.5. The van der Waals surface area contributed by atoms with Gasteiger partial charge in [0.05, 0.1) is 12.3 Å². The van der Waals surface area contributed by atoms with E-state index in [2.05, 4.69) is 20.9 Å². The fraction of sp³-hybridized carbons (Fsp3) is 0.667. The lowest BCUT2D eigenvalue weighted by atomic mass is 10.4. The van der Waals surface area contributed by atoms with E-state index in [1.54, 1.807) is 7.05 Å². The summed E-state index contributed by atoms with van der Waals surface area (Å²) >= 11 is 0. The van der Waals surface area contributed by atoms with Gasteiger partial charge >= 0.3 is 0 Å². The van der Waals surface area contributed by atoms with Gasteiger partial charge in [0, 0.05) is 52.7 Å². The van der Waals surface area contributed by atoms with Crippen molar-refractivity contribution in [3.05, 3.63) is 24.0 Å². The summed E-state index contributed by atoms with van der Waals surface area (Å²) in [4.78, 5) is 6.19. The van der Waals surface area contributed by atoms with Gasteiger partial charge in [-0.15, -0.1) is 24.0 Å². The summed E-state index contributed by atoms with van der Waals surface area (Å²) < 4.78 is 27.9. The molecule has 7 nitrogen and oxygen atoms in total. The van der Waals surface area contributed by atoms with Crippen LogP contribution in [-0.4, -0.2) is 67.6 Å². The maximum Gasteiger partial charge on any atom is 0.215 e. The van der Waals surface area contributed by atoms with Crippen molar-refractivity contribution in [1.29, 1.82) is 0 Å². The molecule has 0 fully saturated rings. The Kier molecular flexibility index (Phi) is 10.6. The normalized spacial score (nSPS) is 12.2. The summed E-state index contributed by atoms with van der Waals surface area (Å²) in [6.07, 6.45) is 2.00. The van der Waals surface area contributed by atoms with Crippen LogP contribution in [0.5, 0.6) is 0 Å². The van der Waals surface area contributed by atoms with Crippen molar-refractivity contribution in [1.82, 2.24) is 19.1 Å². The van der Waals surface area contributed by atoms with Crippen LogP contribution in [0.15, 0.2) is 23.3 Å². The molecular formula is C15H30IN5O2S. The van der Waals surface area contributed by atoms with Crippen molar-refractivity contribution in [3.63, 3.8) is 0 Å². The minimum absolute atomic E-state index is 0. The molecule has 0 saturated carbocycles. The molecule has 0 aliphatic rings. The Labute approximate surface area is 163 Å². The van der Waals surface area contributed by atoms with Gasteiger partial charge in [-0.3, -0.25) is 4.99 Å². The number of aliphatic imine (C=N–C) groups is 1. The van der Waals surface area contributed by atoms with Crippen molar-refractivity contribution in [2.75, 3.05) is 39.5 Å². The summed E-state index contributed by atoms with van der Waals surface area (Å²) in [5.74, 6) is 0.743. The van der Waals surface area contributed by atoms with Crippen molar-refractivity contribution >= 4 is 40.0 Å². The lowest BCUT2D eigenvalue weighted by molar-refractivity contribution is 0.442. The average molecular weight is 471 g/mol. The fourth-order valence-corrected chi connectivity index (χ4v) is 3.81. The Balaban J connectivity index is 0.00000529. The highest BCUT2D eigenvalue weighted by atomic mass is 127. The Morgan fingerprint density at radius 3 is 2.42 bits per heavy atom. The maximum absolute atomic E-state index is 12.2. The number of guanidine groups is 1. The number of aromatic nitrogens is 1. The van der Waals surface area contributed by atoms with E-state index in [4.69, 9.17) is 0 Å². The van der Waals surface area contributed by atoms with Crippen LogP contribution < -0.4 is 5.32 Å². The second kappa shape index (κ2) is 10.9. The van der Waals surface area contributed by atoms with Gasteiger partial charge in [-0.25, -0.2) is 12.7 Å². The summed E-state index contributed by atoms with van der Waals surface area (Å²) in [6, 6.07) is 4.05. The predicted octanol–water partition coefficient (Wildman–Crippen LogP) is 1.32. The van der Waals surface area contributed by atoms with E-state index in [-0.39, 0.29) is 29.7 Å². The third-order valence-electron chi connectivity index (χ3n) is 3.77. The Hall–Kier alpha value is -0.810. The van der Waals surface area contributed by atoms with Crippen molar-refractivity contribution in [3.8, 4) is 0 Å². The van der Waals surface area contributed by atoms with Gasteiger partial charge in [-0.05, 0) is 12.1 Å². The topological polar surface area (TPSA) is 69.9 Å². The SMILES string of the molecule is CCN(CC)S(=O)(=O)CCNC(=NC)N(C)Cc1cccn1C.I. The number of nitrogens with zero attached hydrogens (tertiary/aromatic N) is 4. The van der Waals surface area contributed by atoms with Crippen LogP contribution in [0.4, 0.5) is 0 Å². The summed E-state index contributed by atoms with van der Waals surface area (Å²) in [5, 5.41) is 3.12. The van der Waals surface area contributed by atoms with E-state index in [0.29, 0.717) is 32.1 Å². The molecule has 0 unspecified atom stereocenters. The largest absolute Gasteiger partial charge is 0.355 e. The Morgan fingerprint density at radius 2 is 1.96 bits per heavy atom. The van der Waals surface area contributed by atoms with Gasteiger partial charge in [-0.2, -0.15) is 0 Å². The number of aryl methyl sites for hydroxylation is 1. The molecule has 0 saturated heterocycles. The maximum atomic E-state index is 12.2. The number of hydrogen-bond acceptors (Lipinski definition) is 3. The van der Waals surface area contributed by atoms with Crippen molar-refractivity contribution in [2.24, 2.45) is 12.0 Å². The molecule has 0 atom stereocenters. The lowest BCUT2D eigenvalue weighted by Gasteiger charge is -2.23. The molecule has 0 amide bonds. The molecule has 9 heteroatoms. The molecule has 0 bridgehead atoms. The molecule has 0 spiro atoms. The lowest BCUT2D eigenvalue weighted by Crippen LogP contribution is -2.42. The molecule has 1 aromatic rings. The number of sulfonamides is 1. The van der Waals surface area contributed by atoms with Crippen LogP contribution in [0, 0.1) is 0 Å². The van der Waals surface area contributed by atoms with Crippen LogP contribution in [0.2, 0.25) is 0 Å². The van der Waals surface area contributed by atoms with Gasteiger partial charge in [0.25, 0.3) is 0 Å². The third kappa shape index (κ3) is 6.60. The number of rotatable bonds is 8. The molecule has 0 radical (unpaired) electrons. The average Bonchev–Trinajstić information content (AvgIpc) is 2.89. The van der Waals surface area contributed by atoms with E-state index in [1.165, 1.54) is 4.31 Å². The molecule has 0 aromatic carbocycles. The standard InChI is InChI=1S/C15H29N5O2S.HI/c1-6-20(7-2)23(21,22)12-10-17-15(16-3)19(5)13-14-9-8-11-18(14)4;/h8-9,11H,6-7,10,12-13H2,1-5H3,(H,16,17);1H. The van der Waals surface area contributed by atoms with Crippen LogP contribution in [-0.2, 0) is 23.6 Å². The molecule has 1 rings (SSSR count). The summed E-state index contributed by atoms with van der Waals surface area (Å²) in [5.41, 5.74) is 1.16. The van der Waals surface area contributed by atoms with Crippen LogP contribution in [0.25, 0.3) is 0 Å². The molecule has 24 heavy (non-hydrogen) atoms. The highest BCUT2D eigenvalue weighted by Gasteiger charge is 2.18. The number of halogens is 1. The third-order valence-corrected chi connectivity index (χ3v) is 5.79. The Morgan fingerprint density at radius 1 is 1.33 bits per heavy atom. The summed E-state index contributed by atoms with van der Waals surface area (Å²) in [6.45, 7) is 5.74. The minimum atomic E-state index is -3.22. The molecule has 140 valence electrons. The molecule has 1 heterocycles. The van der Waals surface area contributed by atoms with E-state index < -0.39 is 10.0 Å². The van der Waals surface area contributed by atoms with Gasteiger partial charge in [-0.1, -0.05) is 13.8 Å². The van der Waals surface area contributed by atoms with Crippen LogP contribution >= 0.6 is 24.0 Å². The van der Waals surface area contributed by atoms with E-state index in [9.17, 15) is 8.42 Å². The second-order valence-corrected chi connectivity index (χ2v) is 7.43. The quantitative estimate of drug-likeness (QED) is 0.353. The van der Waals surface area contributed by atoms with Gasteiger partial charge in [0.15, 0.2) is 5.96 Å². The smallest absolute Gasteiger partial charge is 0.215 e. The number of nitrogens with one attached hydrogen (secondary N) is 1. The molecule has 1 aromatic heterocycles. The number of hydrogen-bond donors (Lipinski definition) is 1. The first kappa shape index (κ1) is 23.2. The second-order valence-electron chi connectivity index (χ2n) is 5.34. The first-order valence-electron chi connectivity index (χ1n) is 7.85. The minimum Gasteiger partial charge on any atom is -0.355 e. The first-order chi connectivity index (χ1) is 10.9. The van der Waals surface area contributed by atoms with Gasteiger partial charge < -0.3 is 14.8 Å². The highest BCUT2D eigenvalue weighted by Crippen LogP contribution is 2.04. The van der Waals surface area contributed by atoms with E-state index in [1.807, 2.05) is 45.1 Å². The zero-order valence-corrected chi connectivity index (χ0v) is 18.3. The molecule has 0 aliphatic carbocycles. The van der Waals surface area contributed by atoms with Crippen molar-refractivity contribution < 1.29 is 8.42 Å². The van der Waals surface area contributed by atoms with Crippen LogP contribution in [0.1, 0.15) is 19.5 Å². The summed E-state index contributed by atoms with van der Waals surface area (Å²) in [7, 11) is 2.41. The van der Waals surface area contributed by atoms with Gasteiger partial charge in [0.1, 0.15) is 0 Å². The first-order valence-corrected chi connectivity index (χ1v) is 9.46. The fourth-order valence-electron chi connectivity index (χ4n) is 2.40.